The highest BCUT2D eigenvalue weighted by atomic mass is 16.7. The van der Waals surface area contributed by atoms with E-state index < -0.39 is 11.9 Å². The van der Waals surface area contributed by atoms with Crippen molar-refractivity contribution in [2.45, 2.75) is 83.0 Å². The number of carbonyl (C=O) groups is 1. The average Bonchev–Trinajstić information content (AvgIpc) is 2.52. The van der Waals surface area contributed by atoms with E-state index in [-0.39, 0.29) is 12.8 Å². The molecule has 0 spiro atoms. The summed E-state index contributed by atoms with van der Waals surface area (Å²) in [5.74, 6) is -3.24. The molecular formula is C20H34O5. The zero-order valence-electron chi connectivity index (χ0n) is 15.1. The molecule has 0 aromatic heterocycles. The van der Waals surface area contributed by atoms with Crippen molar-refractivity contribution in [2.24, 2.45) is 0 Å². The van der Waals surface area contributed by atoms with Crippen LogP contribution in [-0.4, -0.2) is 32.4 Å². The van der Waals surface area contributed by atoms with Crippen LogP contribution in [-0.2, 0) is 4.79 Å². The standard InChI is InChI=1S/C20H34O5/c21-19(22)17-15-13-11-9-7-5-3-1-2-4-6-8-10-12-14-16-18-20(23,24)25/h3-6,9,11,23-25H,1-2,7-8,10,12-18H2,(H,21,22). The van der Waals surface area contributed by atoms with E-state index in [1.165, 1.54) is 0 Å². The van der Waals surface area contributed by atoms with E-state index in [1.54, 1.807) is 0 Å². The molecule has 0 unspecified atom stereocenters. The highest BCUT2D eigenvalue weighted by molar-refractivity contribution is 5.66. The number of aliphatic hydroxyl groups is 3. The van der Waals surface area contributed by atoms with Crippen LogP contribution in [0.3, 0.4) is 0 Å². The molecule has 0 rings (SSSR count). The van der Waals surface area contributed by atoms with Gasteiger partial charge in [-0.2, -0.15) is 0 Å². The summed E-state index contributed by atoms with van der Waals surface area (Å²) >= 11 is 0. The van der Waals surface area contributed by atoms with Gasteiger partial charge in [0.1, 0.15) is 0 Å². The molecule has 0 atom stereocenters. The summed E-state index contributed by atoms with van der Waals surface area (Å²) in [4.78, 5) is 10.3. The number of hydrogen-bond acceptors (Lipinski definition) is 4. The molecule has 0 aliphatic rings. The van der Waals surface area contributed by atoms with Crippen LogP contribution in [0.1, 0.15) is 77.0 Å². The van der Waals surface area contributed by atoms with Gasteiger partial charge in [0.05, 0.1) is 0 Å². The quantitative estimate of drug-likeness (QED) is 0.190. The van der Waals surface area contributed by atoms with Crippen molar-refractivity contribution in [2.75, 3.05) is 0 Å². The summed E-state index contributed by atoms with van der Waals surface area (Å²) in [6.07, 6.45) is 22.1. The van der Waals surface area contributed by atoms with Crippen molar-refractivity contribution >= 4 is 5.97 Å². The predicted octanol–water partition coefficient (Wildman–Crippen LogP) is 4.05. The second-order valence-corrected chi connectivity index (χ2v) is 6.24. The Bertz CT molecular complexity index is 405. The third-order valence-corrected chi connectivity index (χ3v) is 3.67. The molecule has 144 valence electrons. The molecule has 0 aromatic rings. The maximum Gasteiger partial charge on any atom is 0.303 e. The second kappa shape index (κ2) is 16.1. The van der Waals surface area contributed by atoms with E-state index in [0.717, 1.165) is 51.4 Å². The Kier molecular flexibility index (Phi) is 15.1. The van der Waals surface area contributed by atoms with Gasteiger partial charge in [-0.05, 0) is 51.4 Å². The topological polar surface area (TPSA) is 98.0 Å². The summed E-state index contributed by atoms with van der Waals surface area (Å²) in [5.41, 5.74) is 0. The van der Waals surface area contributed by atoms with Crippen molar-refractivity contribution in [1.29, 1.82) is 0 Å². The largest absolute Gasteiger partial charge is 0.481 e. The van der Waals surface area contributed by atoms with Gasteiger partial charge < -0.3 is 20.4 Å². The van der Waals surface area contributed by atoms with E-state index in [2.05, 4.69) is 30.4 Å². The number of allylic oxidation sites excluding steroid dienone is 6. The first-order chi connectivity index (χ1) is 11.9. The molecule has 0 amide bonds. The summed E-state index contributed by atoms with van der Waals surface area (Å²) in [5, 5.41) is 34.7. The van der Waals surface area contributed by atoms with E-state index in [0.29, 0.717) is 12.8 Å². The first-order valence-electron chi connectivity index (χ1n) is 9.26. The van der Waals surface area contributed by atoms with Crippen molar-refractivity contribution in [3.05, 3.63) is 36.5 Å². The first kappa shape index (κ1) is 23.6. The number of hydrogen-bond donors (Lipinski definition) is 4. The van der Waals surface area contributed by atoms with Gasteiger partial charge in [0.15, 0.2) is 0 Å². The predicted molar refractivity (Wildman–Crippen MR) is 99.8 cm³/mol. The molecule has 0 aliphatic carbocycles. The lowest BCUT2D eigenvalue weighted by molar-refractivity contribution is -0.315. The molecular weight excluding hydrogens is 320 g/mol. The molecule has 0 aromatic carbocycles. The Morgan fingerprint density at radius 2 is 1.20 bits per heavy atom. The van der Waals surface area contributed by atoms with Gasteiger partial charge in [-0.15, -0.1) is 0 Å². The van der Waals surface area contributed by atoms with Gasteiger partial charge in [-0.25, -0.2) is 0 Å². The van der Waals surface area contributed by atoms with E-state index in [1.807, 2.05) is 6.08 Å². The molecule has 0 saturated carbocycles. The number of carboxylic acids is 1. The Hall–Kier alpha value is -1.43. The minimum Gasteiger partial charge on any atom is -0.481 e. The number of rotatable bonds is 16. The second-order valence-electron chi connectivity index (χ2n) is 6.24. The van der Waals surface area contributed by atoms with Gasteiger partial charge in [0.25, 0.3) is 5.97 Å². The fourth-order valence-electron chi connectivity index (χ4n) is 2.28. The summed E-state index contributed by atoms with van der Waals surface area (Å²) in [7, 11) is 0. The normalized spacial score (nSPS) is 12.8. The maximum absolute atomic E-state index is 10.3. The lowest BCUT2D eigenvalue weighted by Crippen LogP contribution is -2.26. The maximum atomic E-state index is 10.3. The van der Waals surface area contributed by atoms with Gasteiger partial charge in [-0.1, -0.05) is 49.3 Å². The van der Waals surface area contributed by atoms with Crippen molar-refractivity contribution in [3.63, 3.8) is 0 Å². The van der Waals surface area contributed by atoms with Gasteiger partial charge >= 0.3 is 5.97 Å². The Balaban J connectivity index is 3.34. The number of unbranched alkanes of at least 4 members (excludes halogenated alkanes) is 6. The van der Waals surface area contributed by atoms with E-state index in [9.17, 15) is 4.79 Å². The zero-order valence-corrected chi connectivity index (χ0v) is 15.1. The lowest BCUT2D eigenvalue weighted by Gasteiger charge is -2.12. The van der Waals surface area contributed by atoms with Crippen molar-refractivity contribution in [3.8, 4) is 0 Å². The van der Waals surface area contributed by atoms with Gasteiger partial charge in [-0.3, -0.25) is 4.79 Å². The highest BCUT2D eigenvalue weighted by Gasteiger charge is 2.16. The molecule has 0 saturated heterocycles. The van der Waals surface area contributed by atoms with Crippen LogP contribution in [0.4, 0.5) is 0 Å². The summed E-state index contributed by atoms with van der Waals surface area (Å²) < 4.78 is 0. The van der Waals surface area contributed by atoms with Crippen molar-refractivity contribution < 1.29 is 25.2 Å². The molecule has 0 radical (unpaired) electrons. The highest BCUT2D eigenvalue weighted by Crippen LogP contribution is 2.11. The van der Waals surface area contributed by atoms with Crippen LogP contribution >= 0.6 is 0 Å². The number of aliphatic carboxylic acids is 1. The zero-order chi connectivity index (χ0) is 18.8. The molecule has 5 heteroatoms. The molecule has 5 nitrogen and oxygen atoms in total. The van der Waals surface area contributed by atoms with Crippen LogP contribution in [0.2, 0.25) is 0 Å². The molecule has 25 heavy (non-hydrogen) atoms. The smallest absolute Gasteiger partial charge is 0.303 e. The van der Waals surface area contributed by atoms with E-state index >= 15 is 0 Å². The fraction of sp³-hybridized carbons (Fsp3) is 0.650. The van der Waals surface area contributed by atoms with Crippen LogP contribution in [0.15, 0.2) is 36.5 Å². The minimum atomic E-state index is -2.51. The Labute approximate surface area is 151 Å². The lowest BCUT2D eigenvalue weighted by atomic mass is 10.1. The Morgan fingerprint density at radius 1 is 0.680 bits per heavy atom. The molecule has 0 heterocycles. The van der Waals surface area contributed by atoms with Crippen LogP contribution in [0.5, 0.6) is 0 Å². The van der Waals surface area contributed by atoms with Gasteiger partial charge in [0, 0.05) is 12.8 Å². The number of carboxylic acid groups (broad SMARTS) is 1. The third-order valence-electron chi connectivity index (χ3n) is 3.67. The monoisotopic (exact) mass is 354 g/mol. The molecule has 0 bridgehead atoms. The molecule has 4 N–H and O–H groups in total. The van der Waals surface area contributed by atoms with Gasteiger partial charge in [0.2, 0.25) is 0 Å². The van der Waals surface area contributed by atoms with E-state index in [4.69, 9.17) is 20.4 Å². The molecule has 0 fully saturated rings. The van der Waals surface area contributed by atoms with Crippen LogP contribution in [0, 0.1) is 0 Å². The molecule has 0 aliphatic heterocycles. The first-order valence-corrected chi connectivity index (χ1v) is 9.26. The SMILES string of the molecule is O=C(O)CCCC=CCC=CCCC=CCCCCCCC(O)(O)O. The summed E-state index contributed by atoms with van der Waals surface area (Å²) in [6, 6.07) is 0. The third kappa shape index (κ3) is 22.6. The fourth-order valence-corrected chi connectivity index (χ4v) is 2.28. The average molecular weight is 354 g/mol. The summed E-state index contributed by atoms with van der Waals surface area (Å²) in [6.45, 7) is 0. The Morgan fingerprint density at radius 3 is 1.84 bits per heavy atom. The van der Waals surface area contributed by atoms with Crippen molar-refractivity contribution in [1.82, 2.24) is 0 Å². The van der Waals surface area contributed by atoms with Crippen LogP contribution < -0.4 is 0 Å². The minimum absolute atomic E-state index is 0.00664. The van der Waals surface area contributed by atoms with Crippen LogP contribution in [0.25, 0.3) is 0 Å².